The largest absolute Gasteiger partial charge is 0.495 e. The van der Waals surface area contributed by atoms with Crippen molar-refractivity contribution in [2.45, 2.75) is 12.6 Å². The zero-order chi connectivity index (χ0) is 15.1. The molecule has 0 bridgehead atoms. The van der Waals surface area contributed by atoms with E-state index in [0.29, 0.717) is 24.4 Å². The van der Waals surface area contributed by atoms with Gasteiger partial charge in [-0.05, 0) is 35.4 Å². The smallest absolute Gasteiger partial charge is 0.136 e. The van der Waals surface area contributed by atoms with Crippen LogP contribution < -0.4 is 10.1 Å². The second-order valence-electron chi connectivity index (χ2n) is 4.57. The summed E-state index contributed by atoms with van der Waals surface area (Å²) in [4.78, 5) is 3.92. The number of aliphatic hydroxyl groups excluding tert-OH is 1. The fraction of sp³-hybridized carbons (Fsp3) is 0.250. The quantitative estimate of drug-likeness (QED) is 0.845. The fourth-order valence-electron chi connectivity index (χ4n) is 2.01. The van der Waals surface area contributed by atoms with Gasteiger partial charge >= 0.3 is 0 Å². The van der Waals surface area contributed by atoms with Crippen molar-refractivity contribution in [2.24, 2.45) is 0 Å². The molecule has 0 spiro atoms. The minimum absolute atomic E-state index is 0.429. The van der Waals surface area contributed by atoms with Gasteiger partial charge in [-0.3, -0.25) is 4.98 Å². The van der Waals surface area contributed by atoms with Crippen LogP contribution in [0, 0.1) is 11.3 Å². The number of aliphatic hydroxyl groups is 1. The third-order valence-corrected chi connectivity index (χ3v) is 3.14. The van der Waals surface area contributed by atoms with Gasteiger partial charge in [0.15, 0.2) is 0 Å². The van der Waals surface area contributed by atoms with E-state index in [1.807, 2.05) is 6.07 Å². The Morgan fingerprint density at radius 2 is 2.10 bits per heavy atom. The van der Waals surface area contributed by atoms with Crippen molar-refractivity contribution in [2.75, 3.05) is 13.7 Å². The van der Waals surface area contributed by atoms with E-state index in [1.165, 1.54) is 0 Å². The monoisotopic (exact) mass is 283 g/mol. The molecule has 108 valence electrons. The Labute approximate surface area is 123 Å². The van der Waals surface area contributed by atoms with Gasteiger partial charge in [0.1, 0.15) is 11.8 Å². The number of nitrogens with zero attached hydrogens (tertiary/aromatic N) is 2. The van der Waals surface area contributed by atoms with Crippen molar-refractivity contribution in [3.05, 3.63) is 59.4 Å². The van der Waals surface area contributed by atoms with E-state index in [4.69, 9.17) is 10.00 Å². The van der Waals surface area contributed by atoms with Crippen molar-refractivity contribution in [1.82, 2.24) is 10.3 Å². The van der Waals surface area contributed by atoms with Crippen LogP contribution in [-0.2, 0) is 6.54 Å². The molecule has 1 unspecified atom stereocenters. The molecule has 0 aliphatic heterocycles. The summed E-state index contributed by atoms with van der Waals surface area (Å²) in [5.74, 6) is 0.568. The molecule has 0 saturated carbocycles. The van der Waals surface area contributed by atoms with Gasteiger partial charge in [-0.1, -0.05) is 6.07 Å². The number of hydrogen-bond donors (Lipinski definition) is 2. The van der Waals surface area contributed by atoms with Gasteiger partial charge in [0.05, 0.1) is 18.8 Å². The molecule has 0 amide bonds. The third kappa shape index (κ3) is 4.02. The first-order valence-electron chi connectivity index (χ1n) is 6.60. The summed E-state index contributed by atoms with van der Waals surface area (Å²) in [6.07, 6.45) is 2.73. The first-order valence-corrected chi connectivity index (χ1v) is 6.60. The van der Waals surface area contributed by atoms with Gasteiger partial charge in [0.2, 0.25) is 0 Å². The predicted molar refractivity (Wildman–Crippen MR) is 78.6 cm³/mol. The van der Waals surface area contributed by atoms with E-state index < -0.39 is 6.10 Å². The summed E-state index contributed by atoms with van der Waals surface area (Å²) < 4.78 is 5.10. The van der Waals surface area contributed by atoms with E-state index in [-0.39, 0.29) is 0 Å². The molecule has 1 heterocycles. The molecular weight excluding hydrogens is 266 g/mol. The number of nitriles is 1. The Bertz CT molecular complexity index is 623. The van der Waals surface area contributed by atoms with E-state index >= 15 is 0 Å². The minimum atomic E-state index is -0.582. The predicted octanol–water partition coefficient (Wildman–Crippen LogP) is 1.79. The fourth-order valence-corrected chi connectivity index (χ4v) is 2.01. The maximum Gasteiger partial charge on any atom is 0.136 e. The molecule has 21 heavy (non-hydrogen) atoms. The van der Waals surface area contributed by atoms with Gasteiger partial charge in [-0.2, -0.15) is 5.26 Å². The van der Waals surface area contributed by atoms with Crippen molar-refractivity contribution in [3.8, 4) is 11.8 Å². The summed E-state index contributed by atoms with van der Waals surface area (Å²) in [6.45, 7) is 0.999. The highest BCUT2D eigenvalue weighted by Gasteiger charge is 2.07. The molecule has 5 heteroatoms. The summed E-state index contributed by atoms with van der Waals surface area (Å²) in [5.41, 5.74) is 2.30. The van der Waals surface area contributed by atoms with Gasteiger partial charge in [-0.25, -0.2) is 0 Å². The van der Waals surface area contributed by atoms with Crippen LogP contribution in [0.3, 0.4) is 0 Å². The molecular formula is C16H17N3O2. The van der Waals surface area contributed by atoms with Crippen molar-refractivity contribution in [1.29, 1.82) is 5.26 Å². The second-order valence-corrected chi connectivity index (χ2v) is 4.57. The SMILES string of the molecule is COc1ccc(CNCC(O)c2ccncc2)cc1C#N. The molecule has 5 nitrogen and oxygen atoms in total. The normalized spacial score (nSPS) is 11.7. The summed E-state index contributed by atoms with van der Waals surface area (Å²) >= 11 is 0. The van der Waals surface area contributed by atoms with Crippen molar-refractivity contribution in [3.63, 3.8) is 0 Å². The average Bonchev–Trinajstić information content (AvgIpc) is 2.55. The first kappa shape index (κ1) is 15.0. The zero-order valence-corrected chi connectivity index (χ0v) is 11.8. The van der Waals surface area contributed by atoms with Crippen LogP contribution in [0.4, 0.5) is 0 Å². The second kappa shape index (κ2) is 7.39. The van der Waals surface area contributed by atoms with Crippen LogP contribution in [0.2, 0.25) is 0 Å². The maximum absolute atomic E-state index is 10.0. The van der Waals surface area contributed by atoms with E-state index in [2.05, 4.69) is 16.4 Å². The highest BCUT2D eigenvalue weighted by Crippen LogP contribution is 2.18. The van der Waals surface area contributed by atoms with Gasteiger partial charge in [-0.15, -0.1) is 0 Å². The molecule has 2 N–H and O–H groups in total. The molecule has 0 aliphatic rings. The van der Waals surface area contributed by atoms with Crippen LogP contribution in [0.1, 0.15) is 22.8 Å². The van der Waals surface area contributed by atoms with Crippen LogP contribution in [-0.4, -0.2) is 23.7 Å². The van der Waals surface area contributed by atoms with E-state index in [9.17, 15) is 5.11 Å². The summed E-state index contributed by atoms with van der Waals surface area (Å²) in [5, 5.41) is 22.2. The lowest BCUT2D eigenvalue weighted by molar-refractivity contribution is 0.174. The third-order valence-electron chi connectivity index (χ3n) is 3.14. The molecule has 0 saturated heterocycles. The minimum Gasteiger partial charge on any atom is -0.495 e. The Kier molecular flexibility index (Phi) is 5.27. The Morgan fingerprint density at radius 3 is 2.76 bits per heavy atom. The number of nitrogens with one attached hydrogen (secondary N) is 1. The number of benzene rings is 1. The lowest BCUT2D eigenvalue weighted by Crippen LogP contribution is -2.21. The Morgan fingerprint density at radius 1 is 1.33 bits per heavy atom. The van der Waals surface area contributed by atoms with Crippen molar-refractivity contribution >= 4 is 0 Å². The number of ether oxygens (including phenoxy) is 1. The lowest BCUT2D eigenvalue weighted by atomic mass is 10.1. The molecule has 1 aromatic carbocycles. The average molecular weight is 283 g/mol. The lowest BCUT2D eigenvalue weighted by Gasteiger charge is -2.12. The Balaban J connectivity index is 1.91. The summed E-state index contributed by atoms with van der Waals surface area (Å²) in [6, 6.07) is 11.1. The van der Waals surface area contributed by atoms with Gasteiger partial charge in [0.25, 0.3) is 0 Å². The number of hydrogen-bond acceptors (Lipinski definition) is 5. The first-order chi connectivity index (χ1) is 10.2. The highest BCUT2D eigenvalue weighted by atomic mass is 16.5. The molecule has 2 rings (SSSR count). The molecule has 0 aliphatic carbocycles. The standard InChI is InChI=1S/C16H17N3O2/c1-21-16-3-2-12(8-14(16)9-17)10-19-11-15(20)13-4-6-18-7-5-13/h2-8,15,19-20H,10-11H2,1H3. The van der Waals surface area contributed by atoms with E-state index in [0.717, 1.165) is 11.1 Å². The van der Waals surface area contributed by atoms with Crippen LogP contribution in [0.25, 0.3) is 0 Å². The van der Waals surface area contributed by atoms with Gasteiger partial charge < -0.3 is 15.2 Å². The molecule has 1 aromatic heterocycles. The van der Waals surface area contributed by atoms with Crippen molar-refractivity contribution < 1.29 is 9.84 Å². The summed E-state index contributed by atoms with van der Waals surface area (Å²) in [7, 11) is 1.54. The van der Waals surface area contributed by atoms with Gasteiger partial charge in [0, 0.05) is 25.5 Å². The number of rotatable bonds is 6. The maximum atomic E-state index is 10.0. The molecule has 2 aromatic rings. The van der Waals surface area contributed by atoms with Crippen LogP contribution in [0.5, 0.6) is 5.75 Å². The zero-order valence-electron chi connectivity index (χ0n) is 11.8. The molecule has 1 atom stereocenters. The molecule has 0 fully saturated rings. The number of methoxy groups -OCH3 is 1. The number of pyridine rings is 1. The van der Waals surface area contributed by atoms with E-state index in [1.54, 1.807) is 43.8 Å². The highest BCUT2D eigenvalue weighted by molar-refractivity contribution is 5.45. The topological polar surface area (TPSA) is 78.2 Å². The number of aromatic nitrogens is 1. The van der Waals surface area contributed by atoms with Crippen LogP contribution in [0.15, 0.2) is 42.7 Å². The Hall–Kier alpha value is -2.42. The van der Waals surface area contributed by atoms with Crippen LogP contribution >= 0.6 is 0 Å². The molecule has 0 radical (unpaired) electrons.